The van der Waals surface area contributed by atoms with Gasteiger partial charge in [-0.25, -0.2) is 9.18 Å². The molecule has 0 aliphatic heterocycles. The lowest BCUT2D eigenvalue weighted by molar-refractivity contribution is 0.262. The molecule has 0 fully saturated rings. The van der Waals surface area contributed by atoms with Crippen molar-refractivity contribution in [3.63, 3.8) is 0 Å². The molecule has 0 heterocycles. The van der Waals surface area contributed by atoms with Crippen LogP contribution in [0.25, 0.3) is 0 Å². The van der Waals surface area contributed by atoms with Crippen LogP contribution in [0.1, 0.15) is 5.56 Å². The molecule has 0 aliphatic rings. The maximum absolute atomic E-state index is 13.1. The minimum atomic E-state index is -0.630. The van der Waals surface area contributed by atoms with Crippen molar-refractivity contribution in [1.29, 1.82) is 5.26 Å². The number of nitriles is 1. The van der Waals surface area contributed by atoms with Crippen LogP contribution < -0.4 is 16.4 Å². The summed E-state index contributed by atoms with van der Waals surface area (Å²) < 4.78 is 13.1. The van der Waals surface area contributed by atoms with E-state index in [2.05, 4.69) is 10.6 Å². The van der Waals surface area contributed by atoms with Gasteiger partial charge in [0.25, 0.3) is 0 Å². The predicted octanol–water partition coefficient (Wildman–Crippen LogP) is 2.92. The van der Waals surface area contributed by atoms with Gasteiger partial charge < -0.3 is 16.4 Å². The largest absolute Gasteiger partial charge is 0.399 e. The normalized spacial score (nSPS) is 9.60. The van der Waals surface area contributed by atoms with Crippen LogP contribution in [0.15, 0.2) is 42.5 Å². The first-order valence-corrected chi connectivity index (χ1v) is 5.71. The summed E-state index contributed by atoms with van der Waals surface area (Å²) in [6, 6.07) is 11.6. The Kier molecular flexibility index (Phi) is 3.82. The molecule has 2 amide bonds. The Bertz CT molecular complexity index is 694. The minimum absolute atomic E-state index is 0.133. The van der Waals surface area contributed by atoms with Gasteiger partial charge in [0.15, 0.2) is 0 Å². The standard InChI is InChI=1S/C14H11FN4O/c15-13-5-4-12(6-9(13)8-16)19-14(20)18-11-3-1-2-10(17)7-11/h1-7H,17H2,(H2,18,19,20). The molecule has 0 saturated heterocycles. The maximum Gasteiger partial charge on any atom is 0.323 e. The summed E-state index contributed by atoms with van der Waals surface area (Å²) in [6.45, 7) is 0. The van der Waals surface area contributed by atoms with Crippen LogP contribution in [0.5, 0.6) is 0 Å². The van der Waals surface area contributed by atoms with Gasteiger partial charge >= 0.3 is 6.03 Å². The van der Waals surface area contributed by atoms with E-state index in [0.29, 0.717) is 17.1 Å². The van der Waals surface area contributed by atoms with Crippen molar-refractivity contribution in [3.8, 4) is 6.07 Å². The second-order valence-electron chi connectivity index (χ2n) is 4.01. The zero-order valence-corrected chi connectivity index (χ0v) is 10.4. The van der Waals surface area contributed by atoms with E-state index in [1.54, 1.807) is 30.3 Å². The second kappa shape index (κ2) is 5.71. The number of rotatable bonds is 2. The van der Waals surface area contributed by atoms with Gasteiger partial charge in [-0.3, -0.25) is 0 Å². The summed E-state index contributed by atoms with van der Waals surface area (Å²) in [5.74, 6) is -0.630. The third kappa shape index (κ3) is 3.23. The zero-order chi connectivity index (χ0) is 14.5. The van der Waals surface area contributed by atoms with E-state index >= 15 is 0 Å². The lowest BCUT2D eigenvalue weighted by Gasteiger charge is -2.08. The number of benzene rings is 2. The van der Waals surface area contributed by atoms with Crippen LogP contribution in [-0.4, -0.2) is 6.03 Å². The fraction of sp³-hybridized carbons (Fsp3) is 0. The Labute approximate surface area is 114 Å². The topological polar surface area (TPSA) is 90.9 Å². The highest BCUT2D eigenvalue weighted by Crippen LogP contribution is 2.15. The van der Waals surface area contributed by atoms with E-state index in [4.69, 9.17) is 11.0 Å². The molecular weight excluding hydrogens is 259 g/mol. The summed E-state index contributed by atoms with van der Waals surface area (Å²) in [5, 5.41) is 13.8. The van der Waals surface area contributed by atoms with Crippen LogP contribution in [0.4, 0.5) is 26.2 Å². The minimum Gasteiger partial charge on any atom is -0.399 e. The molecule has 0 aromatic heterocycles. The molecule has 0 radical (unpaired) electrons. The summed E-state index contributed by atoms with van der Waals surface area (Å²) in [5.41, 5.74) is 6.84. The lowest BCUT2D eigenvalue weighted by atomic mass is 10.2. The number of carbonyl (C=O) groups excluding carboxylic acids is 1. The molecule has 0 bridgehead atoms. The highest BCUT2D eigenvalue weighted by Gasteiger charge is 2.06. The summed E-state index contributed by atoms with van der Waals surface area (Å²) >= 11 is 0. The van der Waals surface area contributed by atoms with Crippen LogP contribution in [0, 0.1) is 17.1 Å². The van der Waals surface area contributed by atoms with E-state index in [-0.39, 0.29) is 5.56 Å². The van der Waals surface area contributed by atoms with Crippen LogP contribution in [0.2, 0.25) is 0 Å². The Hall–Kier alpha value is -3.07. The number of nitrogen functional groups attached to an aromatic ring is 1. The Morgan fingerprint density at radius 1 is 1.15 bits per heavy atom. The molecule has 2 aromatic carbocycles. The molecular formula is C14H11FN4O. The number of nitrogens with one attached hydrogen (secondary N) is 2. The van der Waals surface area contributed by atoms with Gasteiger partial charge in [-0.05, 0) is 36.4 Å². The number of anilines is 3. The third-order valence-electron chi connectivity index (χ3n) is 2.49. The smallest absolute Gasteiger partial charge is 0.323 e. The fourth-order valence-corrected chi connectivity index (χ4v) is 1.60. The SMILES string of the molecule is N#Cc1cc(NC(=O)Nc2cccc(N)c2)ccc1F. The van der Waals surface area contributed by atoms with Crippen molar-refractivity contribution in [2.24, 2.45) is 0 Å². The van der Waals surface area contributed by atoms with E-state index < -0.39 is 11.8 Å². The number of nitrogens with zero attached hydrogens (tertiary/aromatic N) is 1. The summed E-state index contributed by atoms with van der Waals surface area (Å²) in [7, 11) is 0. The predicted molar refractivity (Wildman–Crippen MR) is 74.6 cm³/mol. The highest BCUT2D eigenvalue weighted by molar-refractivity contribution is 6.00. The van der Waals surface area contributed by atoms with Crippen LogP contribution in [-0.2, 0) is 0 Å². The Morgan fingerprint density at radius 2 is 1.85 bits per heavy atom. The molecule has 2 aromatic rings. The molecule has 0 aliphatic carbocycles. The van der Waals surface area contributed by atoms with Crippen LogP contribution in [0.3, 0.4) is 0 Å². The number of carbonyl (C=O) groups is 1. The molecule has 4 N–H and O–H groups in total. The van der Waals surface area contributed by atoms with E-state index in [0.717, 1.165) is 6.07 Å². The first-order valence-electron chi connectivity index (χ1n) is 5.71. The highest BCUT2D eigenvalue weighted by atomic mass is 19.1. The molecule has 20 heavy (non-hydrogen) atoms. The number of amides is 2. The molecule has 0 spiro atoms. The fourth-order valence-electron chi connectivity index (χ4n) is 1.60. The average Bonchev–Trinajstić information content (AvgIpc) is 2.41. The van der Waals surface area contributed by atoms with Gasteiger partial charge in [0, 0.05) is 17.1 Å². The van der Waals surface area contributed by atoms with Crippen LogP contribution >= 0.6 is 0 Å². The van der Waals surface area contributed by atoms with Crippen molar-refractivity contribution in [2.75, 3.05) is 16.4 Å². The molecule has 2 rings (SSSR count). The Balaban J connectivity index is 2.07. The molecule has 0 saturated carbocycles. The average molecular weight is 270 g/mol. The molecule has 6 heteroatoms. The van der Waals surface area contributed by atoms with Gasteiger partial charge in [-0.15, -0.1) is 0 Å². The van der Waals surface area contributed by atoms with Gasteiger partial charge in [0.2, 0.25) is 0 Å². The Morgan fingerprint density at radius 3 is 2.50 bits per heavy atom. The third-order valence-corrected chi connectivity index (χ3v) is 2.49. The van der Waals surface area contributed by atoms with Crippen molar-refractivity contribution in [2.45, 2.75) is 0 Å². The number of urea groups is 1. The van der Waals surface area contributed by atoms with Gasteiger partial charge in [-0.2, -0.15) is 5.26 Å². The number of halogens is 1. The zero-order valence-electron chi connectivity index (χ0n) is 10.4. The first kappa shape index (κ1) is 13.4. The molecule has 0 unspecified atom stereocenters. The van der Waals surface area contributed by atoms with Gasteiger partial charge in [-0.1, -0.05) is 6.07 Å². The molecule has 0 atom stereocenters. The van der Waals surface area contributed by atoms with Gasteiger partial charge in [0.1, 0.15) is 11.9 Å². The maximum atomic E-state index is 13.1. The van der Waals surface area contributed by atoms with E-state index in [1.807, 2.05) is 0 Å². The number of nitrogens with two attached hydrogens (primary N) is 1. The second-order valence-corrected chi connectivity index (χ2v) is 4.01. The number of hydrogen-bond acceptors (Lipinski definition) is 3. The molecule has 100 valence electrons. The quantitative estimate of drug-likeness (QED) is 0.733. The first-order chi connectivity index (χ1) is 9.58. The van der Waals surface area contributed by atoms with Crippen molar-refractivity contribution < 1.29 is 9.18 Å². The monoisotopic (exact) mass is 270 g/mol. The summed E-state index contributed by atoms with van der Waals surface area (Å²) in [6.07, 6.45) is 0. The molecule has 5 nitrogen and oxygen atoms in total. The van der Waals surface area contributed by atoms with Crippen molar-refractivity contribution >= 4 is 23.1 Å². The lowest BCUT2D eigenvalue weighted by Crippen LogP contribution is -2.19. The number of hydrogen-bond donors (Lipinski definition) is 3. The summed E-state index contributed by atoms with van der Waals surface area (Å²) in [4.78, 5) is 11.7. The van der Waals surface area contributed by atoms with E-state index in [9.17, 15) is 9.18 Å². The van der Waals surface area contributed by atoms with Crippen molar-refractivity contribution in [3.05, 3.63) is 53.8 Å². The van der Waals surface area contributed by atoms with E-state index in [1.165, 1.54) is 12.1 Å². The van der Waals surface area contributed by atoms with Crippen molar-refractivity contribution in [1.82, 2.24) is 0 Å². The van der Waals surface area contributed by atoms with Gasteiger partial charge in [0.05, 0.1) is 5.56 Å².